The van der Waals surface area contributed by atoms with Crippen LogP contribution in [0.5, 0.6) is 5.88 Å². The first-order chi connectivity index (χ1) is 14.5. The molecule has 152 valence electrons. The Kier molecular flexibility index (Phi) is 4.35. The lowest BCUT2D eigenvalue weighted by molar-refractivity contribution is 0.0584. The summed E-state index contributed by atoms with van der Waals surface area (Å²) in [7, 11) is 0. The Morgan fingerprint density at radius 3 is 2.60 bits per heavy atom. The number of benzene rings is 1. The zero-order chi connectivity index (χ0) is 20.8. The highest BCUT2D eigenvalue weighted by molar-refractivity contribution is 5.28. The highest BCUT2D eigenvalue weighted by Gasteiger charge is 2.38. The minimum absolute atomic E-state index is 0.0908. The molecule has 30 heavy (non-hydrogen) atoms. The van der Waals surface area contributed by atoms with E-state index in [2.05, 4.69) is 10.1 Å². The van der Waals surface area contributed by atoms with Crippen molar-refractivity contribution in [2.75, 3.05) is 0 Å². The highest BCUT2D eigenvalue weighted by atomic mass is 19.1. The van der Waals surface area contributed by atoms with Crippen LogP contribution in [0.3, 0.4) is 0 Å². The molecule has 0 radical (unpaired) electrons. The van der Waals surface area contributed by atoms with Gasteiger partial charge in [0, 0.05) is 37.6 Å². The minimum atomic E-state index is -0.658. The molecule has 0 saturated heterocycles. The Bertz CT molecular complexity index is 1190. The van der Waals surface area contributed by atoms with Gasteiger partial charge in [-0.15, -0.1) is 0 Å². The number of nitriles is 1. The van der Waals surface area contributed by atoms with Crippen molar-refractivity contribution in [1.82, 2.24) is 19.3 Å². The van der Waals surface area contributed by atoms with Crippen molar-refractivity contribution in [3.8, 4) is 11.9 Å². The molecule has 2 aliphatic rings. The van der Waals surface area contributed by atoms with E-state index in [1.165, 1.54) is 23.0 Å². The standard InChI is InChI=1S/C21H17F2N5O2/c22-14-5-13(6-15(23)7-14)18-2-3-19-26-28(21(29)27(18)19)16-8-17(9-16)30-20-4-1-12(10-24)11-25-20/h1,4-7,11,16-18H,2-3,8-9H2/t16?,17?,18-/m0/s1. The third-order valence-corrected chi connectivity index (χ3v) is 5.69. The maximum absolute atomic E-state index is 13.6. The Morgan fingerprint density at radius 2 is 1.93 bits per heavy atom. The molecule has 7 nitrogen and oxygen atoms in total. The van der Waals surface area contributed by atoms with Gasteiger partial charge in [0.05, 0.1) is 17.6 Å². The van der Waals surface area contributed by atoms with Crippen molar-refractivity contribution >= 4 is 0 Å². The van der Waals surface area contributed by atoms with Gasteiger partial charge in [0.15, 0.2) is 0 Å². The van der Waals surface area contributed by atoms with Crippen molar-refractivity contribution in [2.45, 2.75) is 43.9 Å². The number of rotatable bonds is 4. The van der Waals surface area contributed by atoms with E-state index < -0.39 is 17.7 Å². The maximum atomic E-state index is 13.6. The van der Waals surface area contributed by atoms with Crippen molar-refractivity contribution in [2.24, 2.45) is 0 Å². The molecule has 0 bridgehead atoms. The van der Waals surface area contributed by atoms with E-state index in [-0.39, 0.29) is 17.8 Å². The van der Waals surface area contributed by atoms with E-state index >= 15 is 0 Å². The van der Waals surface area contributed by atoms with Crippen LogP contribution in [0.25, 0.3) is 0 Å². The summed E-state index contributed by atoms with van der Waals surface area (Å²) in [5.74, 6) is -0.248. The topological polar surface area (TPSA) is 85.7 Å². The predicted octanol–water partition coefficient (Wildman–Crippen LogP) is 2.91. The van der Waals surface area contributed by atoms with Gasteiger partial charge in [-0.25, -0.2) is 23.2 Å². The maximum Gasteiger partial charge on any atom is 0.346 e. The number of fused-ring (bicyclic) bond motifs is 1. The van der Waals surface area contributed by atoms with E-state index in [4.69, 9.17) is 10.00 Å². The zero-order valence-electron chi connectivity index (χ0n) is 15.8. The number of hydrogen-bond donors (Lipinski definition) is 0. The van der Waals surface area contributed by atoms with E-state index in [9.17, 15) is 13.6 Å². The van der Waals surface area contributed by atoms with Crippen LogP contribution >= 0.6 is 0 Å². The second kappa shape index (κ2) is 7.06. The van der Waals surface area contributed by atoms with Gasteiger partial charge < -0.3 is 4.74 Å². The Labute approximate surface area is 170 Å². The summed E-state index contributed by atoms with van der Waals surface area (Å²) in [6.07, 6.45) is 3.74. The van der Waals surface area contributed by atoms with Gasteiger partial charge in [0.2, 0.25) is 5.88 Å². The van der Waals surface area contributed by atoms with Crippen LogP contribution in [0.15, 0.2) is 41.3 Å². The molecular formula is C21H17F2N5O2. The molecule has 5 rings (SSSR count). The van der Waals surface area contributed by atoms with Crippen LogP contribution in [0, 0.1) is 23.0 Å². The largest absolute Gasteiger partial charge is 0.474 e. The summed E-state index contributed by atoms with van der Waals surface area (Å²) >= 11 is 0. The van der Waals surface area contributed by atoms with Gasteiger partial charge in [-0.2, -0.15) is 10.4 Å². The van der Waals surface area contributed by atoms with Gasteiger partial charge in [0.1, 0.15) is 29.6 Å². The molecule has 9 heteroatoms. The molecule has 1 atom stereocenters. The van der Waals surface area contributed by atoms with Gasteiger partial charge >= 0.3 is 5.69 Å². The molecule has 2 aromatic heterocycles. The Hall–Kier alpha value is -3.54. The zero-order valence-corrected chi connectivity index (χ0v) is 15.8. The summed E-state index contributed by atoms with van der Waals surface area (Å²) in [6.45, 7) is 0. The molecule has 1 aliphatic carbocycles. The number of hydrogen-bond acceptors (Lipinski definition) is 5. The third-order valence-electron chi connectivity index (χ3n) is 5.69. The highest BCUT2D eigenvalue weighted by Crippen LogP contribution is 2.36. The summed E-state index contributed by atoms with van der Waals surface area (Å²) in [5, 5.41) is 13.3. The van der Waals surface area contributed by atoms with Crippen LogP contribution in [0.1, 0.15) is 48.3 Å². The fourth-order valence-corrected chi connectivity index (χ4v) is 4.16. The van der Waals surface area contributed by atoms with Crippen LogP contribution in [-0.2, 0) is 6.42 Å². The van der Waals surface area contributed by atoms with Crippen molar-refractivity contribution in [3.05, 3.63) is 75.6 Å². The van der Waals surface area contributed by atoms with E-state index in [0.717, 1.165) is 6.07 Å². The molecule has 0 amide bonds. The predicted molar refractivity (Wildman–Crippen MR) is 101 cm³/mol. The van der Waals surface area contributed by atoms with Gasteiger partial charge in [-0.3, -0.25) is 4.57 Å². The van der Waals surface area contributed by atoms with Gasteiger partial charge in [-0.05, 0) is 30.2 Å². The van der Waals surface area contributed by atoms with Crippen molar-refractivity contribution in [3.63, 3.8) is 0 Å². The third kappa shape index (κ3) is 3.14. The second-order valence-electron chi connectivity index (χ2n) is 7.63. The number of halogens is 2. The smallest absolute Gasteiger partial charge is 0.346 e. The summed E-state index contributed by atoms with van der Waals surface area (Å²) in [4.78, 5) is 17.1. The molecule has 1 aliphatic heterocycles. The summed E-state index contributed by atoms with van der Waals surface area (Å²) < 4.78 is 36.1. The molecular weight excluding hydrogens is 392 g/mol. The van der Waals surface area contributed by atoms with Crippen LogP contribution in [0.2, 0.25) is 0 Å². The molecule has 1 aromatic carbocycles. The molecule has 1 fully saturated rings. The number of ether oxygens (including phenoxy) is 1. The lowest BCUT2D eigenvalue weighted by Gasteiger charge is -2.34. The second-order valence-corrected chi connectivity index (χ2v) is 7.63. The Balaban J connectivity index is 1.31. The first-order valence-corrected chi connectivity index (χ1v) is 9.70. The average molecular weight is 409 g/mol. The summed E-state index contributed by atoms with van der Waals surface area (Å²) in [5.41, 5.74) is 0.632. The lowest BCUT2D eigenvalue weighted by atomic mass is 9.89. The minimum Gasteiger partial charge on any atom is -0.474 e. The Morgan fingerprint density at radius 1 is 1.17 bits per heavy atom. The average Bonchev–Trinajstić information content (AvgIpc) is 3.24. The SMILES string of the molecule is N#Cc1ccc(OC2CC(n3nc4n(c3=O)[C@H](c3cc(F)cc(F)c3)CC4)C2)nc1. The van der Waals surface area contributed by atoms with Gasteiger partial charge in [0.25, 0.3) is 0 Å². The first-order valence-electron chi connectivity index (χ1n) is 9.70. The quantitative estimate of drug-likeness (QED) is 0.661. The number of pyridine rings is 1. The number of aromatic nitrogens is 4. The monoisotopic (exact) mass is 409 g/mol. The fraction of sp³-hybridized carbons (Fsp3) is 0.333. The summed E-state index contributed by atoms with van der Waals surface area (Å²) in [6, 6.07) is 8.13. The molecule has 1 saturated carbocycles. The molecule has 0 unspecified atom stereocenters. The normalized spacial score (nSPS) is 22.2. The van der Waals surface area contributed by atoms with Gasteiger partial charge in [-0.1, -0.05) is 0 Å². The molecule has 3 heterocycles. The lowest BCUT2D eigenvalue weighted by Crippen LogP contribution is -2.41. The number of nitrogens with zero attached hydrogens (tertiary/aromatic N) is 5. The molecule has 0 N–H and O–H groups in total. The fourth-order valence-electron chi connectivity index (χ4n) is 4.16. The van der Waals surface area contributed by atoms with Crippen molar-refractivity contribution in [1.29, 1.82) is 5.26 Å². The molecule has 0 spiro atoms. The van der Waals surface area contributed by atoms with Crippen molar-refractivity contribution < 1.29 is 13.5 Å². The van der Waals surface area contributed by atoms with Crippen LogP contribution < -0.4 is 10.4 Å². The van der Waals surface area contributed by atoms with Crippen LogP contribution in [0.4, 0.5) is 8.78 Å². The van der Waals surface area contributed by atoms with E-state index in [1.54, 1.807) is 16.7 Å². The van der Waals surface area contributed by atoms with E-state index in [1.807, 2.05) is 6.07 Å². The first kappa shape index (κ1) is 18.5. The number of aryl methyl sites for hydroxylation is 1. The van der Waals surface area contributed by atoms with Crippen LogP contribution in [-0.4, -0.2) is 25.4 Å². The molecule has 3 aromatic rings. The van der Waals surface area contributed by atoms with E-state index in [0.29, 0.717) is 48.5 Å².